The van der Waals surface area contributed by atoms with Crippen molar-refractivity contribution < 1.29 is 9.90 Å². The average Bonchev–Trinajstić information content (AvgIpc) is 2.57. The van der Waals surface area contributed by atoms with Crippen molar-refractivity contribution in [3.05, 3.63) is 34.9 Å². The van der Waals surface area contributed by atoms with Gasteiger partial charge in [-0.05, 0) is 59.8 Å². The second kappa shape index (κ2) is 17.2. The van der Waals surface area contributed by atoms with Crippen molar-refractivity contribution in [3.8, 4) is 0 Å². The summed E-state index contributed by atoms with van der Waals surface area (Å²) in [6.07, 6.45) is 17.6. The Hall–Kier alpha value is -0.960. The molecule has 0 amide bonds. The number of carboxylic acid groups (broad SMARTS) is 1. The van der Waals surface area contributed by atoms with Gasteiger partial charge in [0.05, 0.1) is 6.42 Å². The predicted molar refractivity (Wildman–Crippen MR) is 123 cm³/mol. The quantitative estimate of drug-likeness (QED) is 0.213. The Morgan fingerprint density at radius 3 is 2.15 bits per heavy atom. The Balaban J connectivity index is 4.16. The summed E-state index contributed by atoms with van der Waals surface area (Å²) in [7, 11) is 0. The molecule has 1 unspecified atom stereocenters. The lowest BCUT2D eigenvalue weighted by Crippen LogP contribution is -2.10. The maximum absolute atomic E-state index is 11.1. The highest BCUT2D eigenvalue weighted by Gasteiger charge is 2.12. The summed E-state index contributed by atoms with van der Waals surface area (Å²) >= 11 is 1.81. The number of carboxylic acids is 1. The van der Waals surface area contributed by atoms with E-state index in [1.807, 2.05) is 11.8 Å². The molecule has 0 saturated carbocycles. The van der Waals surface area contributed by atoms with Crippen LogP contribution in [0.5, 0.6) is 0 Å². The maximum Gasteiger partial charge on any atom is 0.304 e. The first kappa shape index (κ1) is 26.0. The van der Waals surface area contributed by atoms with Crippen LogP contribution in [-0.2, 0) is 4.79 Å². The van der Waals surface area contributed by atoms with E-state index < -0.39 is 5.97 Å². The Bertz CT molecular complexity index is 485. The topological polar surface area (TPSA) is 37.3 Å². The van der Waals surface area contributed by atoms with E-state index in [0.29, 0.717) is 0 Å². The molecule has 0 fully saturated rings. The summed E-state index contributed by atoms with van der Waals surface area (Å²) in [6.45, 7) is 10.9. The molecule has 0 heterocycles. The molecule has 156 valence electrons. The van der Waals surface area contributed by atoms with E-state index in [2.05, 4.69) is 52.8 Å². The molecule has 0 spiro atoms. The van der Waals surface area contributed by atoms with Crippen molar-refractivity contribution in [1.29, 1.82) is 0 Å². The van der Waals surface area contributed by atoms with E-state index in [4.69, 9.17) is 5.11 Å². The van der Waals surface area contributed by atoms with Gasteiger partial charge in [-0.15, -0.1) is 0 Å². The van der Waals surface area contributed by atoms with Gasteiger partial charge in [-0.3, -0.25) is 4.79 Å². The molecule has 0 bridgehead atoms. The summed E-state index contributed by atoms with van der Waals surface area (Å²) in [5.41, 5.74) is 4.28. The van der Waals surface area contributed by atoms with Crippen LogP contribution in [0.2, 0.25) is 0 Å². The van der Waals surface area contributed by atoms with Crippen LogP contribution in [0.15, 0.2) is 34.9 Å². The van der Waals surface area contributed by atoms with Gasteiger partial charge in [-0.2, -0.15) is 11.8 Å². The molecule has 0 aliphatic rings. The molecule has 27 heavy (non-hydrogen) atoms. The van der Waals surface area contributed by atoms with Crippen molar-refractivity contribution in [1.82, 2.24) is 0 Å². The van der Waals surface area contributed by atoms with Gasteiger partial charge < -0.3 is 5.11 Å². The van der Waals surface area contributed by atoms with E-state index in [1.165, 1.54) is 36.0 Å². The van der Waals surface area contributed by atoms with Crippen LogP contribution in [-0.4, -0.2) is 22.1 Å². The third kappa shape index (κ3) is 18.2. The highest BCUT2D eigenvalue weighted by Crippen LogP contribution is 2.22. The molecular formula is C24H42O2S. The van der Waals surface area contributed by atoms with Gasteiger partial charge in [0, 0.05) is 11.0 Å². The average molecular weight is 395 g/mol. The maximum atomic E-state index is 11.1. The molecule has 0 aromatic carbocycles. The van der Waals surface area contributed by atoms with E-state index >= 15 is 0 Å². The van der Waals surface area contributed by atoms with Gasteiger partial charge in [0.2, 0.25) is 0 Å². The normalized spacial score (nSPS) is 13.5. The van der Waals surface area contributed by atoms with Gasteiger partial charge in [0.15, 0.2) is 0 Å². The molecule has 0 saturated heterocycles. The van der Waals surface area contributed by atoms with E-state index in [9.17, 15) is 4.79 Å². The summed E-state index contributed by atoms with van der Waals surface area (Å²) in [5, 5.41) is 9.37. The highest BCUT2D eigenvalue weighted by molar-refractivity contribution is 8.00. The Morgan fingerprint density at radius 1 is 0.926 bits per heavy atom. The number of rotatable bonds is 16. The molecule has 0 aromatic rings. The van der Waals surface area contributed by atoms with Crippen LogP contribution in [0.25, 0.3) is 0 Å². The van der Waals surface area contributed by atoms with Crippen molar-refractivity contribution in [2.24, 2.45) is 0 Å². The Kier molecular flexibility index (Phi) is 16.5. The van der Waals surface area contributed by atoms with Gasteiger partial charge in [-0.1, -0.05) is 67.6 Å². The van der Waals surface area contributed by atoms with Gasteiger partial charge >= 0.3 is 5.97 Å². The molecule has 2 nitrogen and oxygen atoms in total. The van der Waals surface area contributed by atoms with Gasteiger partial charge in [-0.25, -0.2) is 0 Å². The summed E-state index contributed by atoms with van der Waals surface area (Å²) in [5.74, 6) is 0.262. The first-order chi connectivity index (χ1) is 12.8. The standard InChI is InChI=1S/C24H42O2S/c1-6-7-8-9-16-23(19-24(25)26)27-18-17-22(5)15-11-14-21(4)13-10-12-20(2)3/h12,14,17,23H,6-11,13,15-16,18-19H2,1-5H3,(H,25,26). The first-order valence-corrected chi connectivity index (χ1v) is 11.7. The zero-order valence-corrected chi connectivity index (χ0v) is 19.2. The first-order valence-electron chi connectivity index (χ1n) is 10.6. The molecule has 0 rings (SSSR count). The van der Waals surface area contributed by atoms with Gasteiger partial charge in [0.1, 0.15) is 0 Å². The highest BCUT2D eigenvalue weighted by atomic mass is 32.2. The zero-order valence-electron chi connectivity index (χ0n) is 18.4. The molecule has 1 N–H and O–H groups in total. The second-order valence-corrected chi connectivity index (χ2v) is 9.20. The molecule has 0 aliphatic heterocycles. The fourth-order valence-corrected chi connectivity index (χ4v) is 4.15. The van der Waals surface area contributed by atoms with Crippen LogP contribution in [0.4, 0.5) is 0 Å². The number of thioether (sulfide) groups is 1. The minimum absolute atomic E-state index is 0.251. The second-order valence-electron chi connectivity index (χ2n) is 7.86. The lowest BCUT2D eigenvalue weighted by atomic mass is 10.1. The summed E-state index contributed by atoms with van der Waals surface area (Å²) in [6, 6.07) is 0. The van der Waals surface area contributed by atoms with Crippen molar-refractivity contribution in [3.63, 3.8) is 0 Å². The zero-order chi connectivity index (χ0) is 20.5. The minimum Gasteiger partial charge on any atom is -0.481 e. The fraction of sp³-hybridized carbons (Fsp3) is 0.708. The molecule has 3 heteroatoms. The Labute approximate surface area is 172 Å². The number of hydrogen-bond acceptors (Lipinski definition) is 2. The molecular weight excluding hydrogens is 352 g/mol. The third-order valence-corrected chi connectivity index (χ3v) is 5.90. The summed E-state index contributed by atoms with van der Waals surface area (Å²) < 4.78 is 0. The fourth-order valence-electron chi connectivity index (χ4n) is 2.90. The smallest absolute Gasteiger partial charge is 0.304 e. The van der Waals surface area contributed by atoms with E-state index in [1.54, 1.807) is 0 Å². The number of hydrogen-bond donors (Lipinski definition) is 1. The van der Waals surface area contributed by atoms with Crippen molar-refractivity contribution in [2.45, 2.75) is 104 Å². The van der Waals surface area contributed by atoms with E-state index in [0.717, 1.165) is 44.3 Å². The Morgan fingerprint density at radius 2 is 1.56 bits per heavy atom. The number of carbonyl (C=O) groups is 1. The van der Waals surface area contributed by atoms with Crippen LogP contribution in [0.3, 0.4) is 0 Å². The summed E-state index contributed by atoms with van der Waals surface area (Å²) in [4.78, 5) is 11.1. The molecule has 0 aliphatic carbocycles. The minimum atomic E-state index is -0.669. The van der Waals surface area contributed by atoms with Crippen LogP contribution in [0, 0.1) is 0 Å². The monoisotopic (exact) mass is 394 g/mol. The van der Waals surface area contributed by atoms with Crippen molar-refractivity contribution >= 4 is 17.7 Å². The van der Waals surface area contributed by atoms with Gasteiger partial charge in [0.25, 0.3) is 0 Å². The number of allylic oxidation sites excluding steroid dienone is 5. The number of aliphatic carboxylic acids is 1. The molecule has 0 radical (unpaired) electrons. The molecule has 0 aromatic heterocycles. The lowest BCUT2D eigenvalue weighted by Gasteiger charge is -2.13. The predicted octanol–water partition coefficient (Wildman–Crippen LogP) is 7.95. The third-order valence-electron chi connectivity index (χ3n) is 4.67. The molecule has 1 atom stereocenters. The SMILES string of the molecule is CCCCCCC(CC(=O)O)SCC=C(C)CCC=C(C)CCC=C(C)C. The van der Waals surface area contributed by atoms with Crippen molar-refractivity contribution in [2.75, 3.05) is 5.75 Å². The largest absolute Gasteiger partial charge is 0.481 e. The van der Waals surface area contributed by atoms with Crippen LogP contribution < -0.4 is 0 Å². The lowest BCUT2D eigenvalue weighted by molar-refractivity contribution is -0.137. The van der Waals surface area contributed by atoms with Crippen LogP contribution in [0.1, 0.15) is 98.8 Å². The van der Waals surface area contributed by atoms with Crippen LogP contribution >= 0.6 is 11.8 Å². The number of unbranched alkanes of at least 4 members (excludes halogenated alkanes) is 3. The van der Waals surface area contributed by atoms with E-state index in [-0.39, 0.29) is 11.7 Å².